The van der Waals surface area contributed by atoms with Gasteiger partial charge in [0.2, 0.25) is 0 Å². The van der Waals surface area contributed by atoms with Crippen molar-refractivity contribution in [3.63, 3.8) is 0 Å². The highest BCUT2D eigenvalue weighted by Gasteiger charge is 2.08. The second-order valence-corrected chi connectivity index (χ2v) is 6.36. The number of benzene rings is 1. The van der Waals surface area contributed by atoms with Crippen molar-refractivity contribution in [3.05, 3.63) is 34.3 Å². The fraction of sp³-hybridized carbons (Fsp3) is 0.400. The molecule has 78 valence electrons. The SMILES string of the molecule is CO[SiH](CCc1cccc(Br)c1)OC. The molecule has 1 aromatic rings. The molecular formula is C10H15BrO2Si. The summed E-state index contributed by atoms with van der Waals surface area (Å²) in [7, 11) is 2.05. The quantitative estimate of drug-likeness (QED) is 0.769. The Balaban J connectivity index is 2.44. The van der Waals surface area contributed by atoms with Crippen LogP contribution in [0.1, 0.15) is 5.56 Å². The fourth-order valence-electron chi connectivity index (χ4n) is 1.31. The van der Waals surface area contributed by atoms with Crippen molar-refractivity contribution in [1.29, 1.82) is 0 Å². The van der Waals surface area contributed by atoms with Crippen LogP contribution in [0.4, 0.5) is 0 Å². The van der Waals surface area contributed by atoms with Gasteiger partial charge in [-0.2, -0.15) is 0 Å². The summed E-state index contributed by atoms with van der Waals surface area (Å²) >= 11 is 3.45. The van der Waals surface area contributed by atoms with Gasteiger partial charge in [-0.05, 0) is 30.2 Å². The van der Waals surface area contributed by atoms with E-state index in [1.807, 2.05) is 6.07 Å². The molecule has 0 aliphatic rings. The maximum absolute atomic E-state index is 5.26. The first-order valence-electron chi connectivity index (χ1n) is 4.56. The zero-order chi connectivity index (χ0) is 10.4. The van der Waals surface area contributed by atoms with Crippen LogP contribution in [-0.2, 0) is 15.3 Å². The maximum Gasteiger partial charge on any atom is 0.321 e. The topological polar surface area (TPSA) is 18.5 Å². The minimum Gasteiger partial charge on any atom is -0.400 e. The van der Waals surface area contributed by atoms with Crippen molar-refractivity contribution in [2.75, 3.05) is 14.2 Å². The van der Waals surface area contributed by atoms with Gasteiger partial charge in [-0.1, -0.05) is 28.1 Å². The third-order valence-electron chi connectivity index (χ3n) is 2.08. The summed E-state index contributed by atoms with van der Waals surface area (Å²) in [5.74, 6) is 0. The molecule has 0 aliphatic heterocycles. The number of hydrogen-bond donors (Lipinski definition) is 0. The van der Waals surface area contributed by atoms with Crippen LogP contribution in [0.25, 0.3) is 0 Å². The molecule has 0 spiro atoms. The monoisotopic (exact) mass is 274 g/mol. The van der Waals surface area contributed by atoms with Crippen LogP contribution in [0.2, 0.25) is 6.04 Å². The van der Waals surface area contributed by atoms with Crippen LogP contribution in [0.3, 0.4) is 0 Å². The van der Waals surface area contributed by atoms with Crippen molar-refractivity contribution in [2.45, 2.75) is 12.5 Å². The second kappa shape index (κ2) is 6.34. The van der Waals surface area contributed by atoms with Crippen LogP contribution in [0.5, 0.6) is 0 Å². The average Bonchev–Trinajstić information content (AvgIpc) is 2.19. The van der Waals surface area contributed by atoms with Crippen molar-refractivity contribution in [1.82, 2.24) is 0 Å². The lowest BCUT2D eigenvalue weighted by Crippen LogP contribution is -2.19. The molecular weight excluding hydrogens is 260 g/mol. The first kappa shape index (κ1) is 11.9. The van der Waals surface area contributed by atoms with E-state index in [1.54, 1.807) is 14.2 Å². The third kappa shape index (κ3) is 3.92. The second-order valence-electron chi connectivity index (χ2n) is 3.07. The Hall–Kier alpha value is -0.163. The number of hydrogen-bond acceptors (Lipinski definition) is 2. The Kier molecular flexibility index (Phi) is 5.40. The van der Waals surface area contributed by atoms with Crippen molar-refractivity contribution in [2.24, 2.45) is 0 Å². The van der Waals surface area contributed by atoms with Crippen LogP contribution in [0, 0.1) is 0 Å². The van der Waals surface area contributed by atoms with Gasteiger partial charge < -0.3 is 8.85 Å². The fourth-order valence-corrected chi connectivity index (χ4v) is 2.99. The maximum atomic E-state index is 5.26. The van der Waals surface area contributed by atoms with E-state index in [4.69, 9.17) is 8.85 Å². The molecule has 0 N–H and O–H groups in total. The molecule has 0 unspecified atom stereocenters. The number of rotatable bonds is 5. The van der Waals surface area contributed by atoms with E-state index in [0.717, 1.165) is 16.9 Å². The van der Waals surface area contributed by atoms with Gasteiger partial charge in [-0.3, -0.25) is 0 Å². The standard InChI is InChI=1S/C10H15BrO2Si/c1-12-14(13-2)7-6-9-4-3-5-10(11)8-9/h3-5,8,14H,6-7H2,1-2H3. The highest BCUT2D eigenvalue weighted by molar-refractivity contribution is 9.10. The van der Waals surface area contributed by atoms with Crippen molar-refractivity contribution in [3.8, 4) is 0 Å². The average molecular weight is 275 g/mol. The molecule has 14 heavy (non-hydrogen) atoms. The van der Waals surface area contributed by atoms with Gasteiger partial charge in [0.15, 0.2) is 0 Å². The summed E-state index contributed by atoms with van der Waals surface area (Å²) in [5, 5.41) is 0. The third-order valence-corrected chi connectivity index (χ3v) is 4.39. The zero-order valence-electron chi connectivity index (χ0n) is 8.50. The van der Waals surface area contributed by atoms with Crippen LogP contribution in [-0.4, -0.2) is 23.5 Å². The Bertz CT molecular complexity index is 277. The molecule has 0 amide bonds. The van der Waals surface area contributed by atoms with E-state index >= 15 is 0 Å². The van der Waals surface area contributed by atoms with E-state index in [9.17, 15) is 0 Å². The Labute approximate surface area is 95.2 Å². The van der Waals surface area contributed by atoms with E-state index in [1.165, 1.54) is 5.56 Å². The smallest absolute Gasteiger partial charge is 0.321 e. The van der Waals surface area contributed by atoms with Gasteiger partial charge in [0.05, 0.1) is 0 Å². The lowest BCUT2D eigenvalue weighted by Gasteiger charge is -2.10. The normalized spacial score (nSPS) is 10.9. The van der Waals surface area contributed by atoms with Crippen LogP contribution < -0.4 is 0 Å². The van der Waals surface area contributed by atoms with Gasteiger partial charge in [0.1, 0.15) is 0 Å². The predicted molar refractivity (Wildman–Crippen MR) is 63.8 cm³/mol. The summed E-state index contributed by atoms with van der Waals surface area (Å²) in [6.07, 6.45) is 1.03. The van der Waals surface area contributed by atoms with Crippen molar-refractivity contribution < 1.29 is 8.85 Å². The molecule has 0 atom stereocenters. The molecule has 0 aliphatic carbocycles. The Morgan fingerprint density at radius 3 is 2.57 bits per heavy atom. The van der Waals surface area contributed by atoms with E-state index in [2.05, 4.69) is 34.1 Å². The lowest BCUT2D eigenvalue weighted by atomic mass is 10.2. The summed E-state index contributed by atoms with van der Waals surface area (Å²) in [5.41, 5.74) is 1.32. The molecule has 0 heterocycles. The zero-order valence-corrected chi connectivity index (χ0v) is 11.2. The van der Waals surface area contributed by atoms with Gasteiger partial charge in [-0.25, -0.2) is 0 Å². The van der Waals surface area contributed by atoms with Crippen molar-refractivity contribution >= 4 is 25.2 Å². The highest BCUT2D eigenvalue weighted by atomic mass is 79.9. The van der Waals surface area contributed by atoms with E-state index in [0.29, 0.717) is 0 Å². The molecule has 2 nitrogen and oxygen atoms in total. The molecule has 4 heteroatoms. The minimum atomic E-state index is -1.39. The van der Waals surface area contributed by atoms with Gasteiger partial charge >= 0.3 is 9.28 Å². The van der Waals surface area contributed by atoms with Gasteiger partial charge in [-0.15, -0.1) is 0 Å². The van der Waals surface area contributed by atoms with E-state index in [-0.39, 0.29) is 0 Å². The first-order valence-corrected chi connectivity index (χ1v) is 7.11. The first-order chi connectivity index (χ1) is 6.76. The predicted octanol–water partition coefficient (Wildman–Crippen LogP) is 2.50. The molecule has 0 radical (unpaired) electrons. The number of halogens is 1. The Morgan fingerprint density at radius 1 is 1.29 bits per heavy atom. The summed E-state index contributed by atoms with van der Waals surface area (Å²) in [4.78, 5) is 0. The van der Waals surface area contributed by atoms with Gasteiger partial charge in [0, 0.05) is 18.7 Å². The molecule has 0 bridgehead atoms. The molecule has 1 aromatic carbocycles. The van der Waals surface area contributed by atoms with E-state index < -0.39 is 9.28 Å². The molecule has 0 saturated heterocycles. The summed E-state index contributed by atoms with van der Waals surface area (Å²) in [6, 6.07) is 9.36. The Morgan fingerprint density at radius 2 is 2.00 bits per heavy atom. The highest BCUT2D eigenvalue weighted by Crippen LogP contribution is 2.14. The van der Waals surface area contributed by atoms with Crippen LogP contribution in [0.15, 0.2) is 28.7 Å². The summed E-state index contributed by atoms with van der Waals surface area (Å²) < 4.78 is 11.6. The lowest BCUT2D eigenvalue weighted by molar-refractivity contribution is 0.277. The molecule has 0 fully saturated rings. The minimum absolute atomic E-state index is 1.02. The van der Waals surface area contributed by atoms with Gasteiger partial charge in [0.25, 0.3) is 0 Å². The summed E-state index contributed by atoms with van der Waals surface area (Å²) in [6.45, 7) is 0. The molecule has 1 rings (SSSR count). The molecule has 0 aromatic heterocycles. The molecule has 0 saturated carbocycles. The van der Waals surface area contributed by atoms with Crippen LogP contribution >= 0.6 is 15.9 Å². The number of aryl methyl sites for hydroxylation is 1. The largest absolute Gasteiger partial charge is 0.400 e.